The van der Waals surface area contributed by atoms with E-state index < -0.39 is 5.76 Å². The van der Waals surface area contributed by atoms with Crippen LogP contribution in [0.25, 0.3) is 11.1 Å². The van der Waals surface area contributed by atoms with Gasteiger partial charge in [-0.2, -0.15) is 0 Å². The standard InChI is InChI=1S/C20H23N3O4/c1-14-7-8-18-16(12-14)23(20(25)27-18)11-9-19(24)22(2)17(13-26-3)15-6-4-5-10-21-15/h4-8,10,12,17H,9,11,13H2,1-3H3. The molecule has 2 heterocycles. The number of pyridine rings is 1. The Kier molecular flexibility index (Phi) is 5.71. The summed E-state index contributed by atoms with van der Waals surface area (Å²) in [6, 6.07) is 10.8. The van der Waals surface area contributed by atoms with E-state index in [0.29, 0.717) is 17.7 Å². The van der Waals surface area contributed by atoms with Crippen LogP contribution in [0, 0.1) is 6.92 Å². The molecule has 27 heavy (non-hydrogen) atoms. The molecule has 7 heteroatoms. The van der Waals surface area contributed by atoms with E-state index in [-0.39, 0.29) is 24.9 Å². The monoisotopic (exact) mass is 369 g/mol. The molecule has 1 atom stereocenters. The van der Waals surface area contributed by atoms with Crippen molar-refractivity contribution < 1.29 is 13.9 Å². The van der Waals surface area contributed by atoms with Gasteiger partial charge in [-0.25, -0.2) is 4.79 Å². The molecule has 0 spiro atoms. The van der Waals surface area contributed by atoms with E-state index in [1.807, 2.05) is 37.3 Å². The second-order valence-electron chi connectivity index (χ2n) is 6.47. The third-order valence-electron chi connectivity index (χ3n) is 4.59. The van der Waals surface area contributed by atoms with Crippen molar-refractivity contribution in [3.8, 4) is 0 Å². The van der Waals surface area contributed by atoms with Crippen molar-refractivity contribution in [1.29, 1.82) is 0 Å². The summed E-state index contributed by atoms with van der Waals surface area (Å²) in [5.74, 6) is -0.555. The maximum absolute atomic E-state index is 12.7. The summed E-state index contributed by atoms with van der Waals surface area (Å²) < 4.78 is 12.0. The first-order valence-electron chi connectivity index (χ1n) is 8.76. The summed E-state index contributed by atoms with van der Waals surface area (Å²) in [5.41, 5.74) is 3.01. The molecular formula is C20H23N3O4. The molecule has 3 rings (SSSR count). The Hall–Kier alpha value is -2.93. The van der Waals surface area contributed by atoms with Crippen molar-refractivity contribution in [1.82, 2.24) is 14.5 Å². The Balaban J connectivity index is 1.76. The van der Waals surface area contributed by atoms with Crippen molar-refractivity contribution in [2.45, 2.75) is 25.9 Å². The van der Waals surface area contributed by atoms with Crippen LogP contribution in [-0.2, 0) is 16.1 Å². The van der Waals surface area contributed by atoms with Gasteiger partial charge in [-0.15, -0.1) is 0 Å². The van der Waals surface area contributed by atoms with Gasteiger partial charge in [0, 0.05) is 33.3 Å². The molecule has 2 aromatic heterocycles. The summed E-state index contributed by atoms with van der Waals surface area (Å²) in [6.45, 7) is 2.54. The minimum absolute atomic E-state index is 0.100. The summed E-state index contributed by atoms with van der Waals surface area (Å²) in [6.07, 6.45) is 1.86. The first kappa shape index (κ1) is 18.8. The van der Waals surface area contributed by atoms with E-state index in [0.717, 1.165) is 11.3 Å². The quantitative estimate of drug-likeness (QED) is 0.640. The first-order valence-corrected chi connectivity index (χ1v) is 8.76. The van der Waals surface area contributed by atoms with Crippen molar-refractivity contribution in [3.05, 3.63) is 64.4 Å². The minimum atomic E-state index is -0.454. The maximum Gasteiger partial charge on any atom is 0.419 e. The van der Waals surface area contributed by atoms with Crippen LogP contribution in [0.3, 0.4) is 0 Å². The van der Waals surface area contributed by atoms with Crippen LogP contribution in [0.1, 0.15) is 23.7 Å². The van der Waals surface area contributed by atoms with Crippen LogP contribution in [0.4, 0.5) is 0 Å². The van der Waals surface area contributed by atoms with Gasteiger partial charge in [0.15, 0.2) is 5.58 Å². The van der Waals surface area contributed by atoms with Crippen molar-refractivity contribution in [3.63, 3.8) is 0 Å². The molecule has 142 valence electrons. The van der Waals surface area contributed by atoms with Crippen molar-refractivity contribution in [2.75, 3.05) is 20.8 Å². The zero-order valence-electron chi connectivity index (χ0n) is 15.7. The van der Waals surface area contributed by atoms with Crippen LogP contribution < -0.4 is 5.76 Å². The number of likely N-dealkylation sites (N-methyl/N-ethyl adjacent to an activating group) is 1. The number of amides is 1. The van der Waals surface area contributed by atoms with Gasteiger partial charge in [0.2, 0.25) is 5.91 Å². The second-order valence-corrected chi connectivity index (χ2v) is 6.47. The highest BCUT2D eigenvalue weighted by Crippen LogP contribution is 2.19. The minimum Gasteiger partial charge on any atom is -0.408 e. The fourth-order valence-electron chi connectivity index (χ4n) is 3.07. The highest BCUT2D eigenvalue weighted by molar-refractivity contribution is 5.77. The average Bonchev–Trinajstić information content (AvgIpc) is 2.98. The lowest BCUT2D eigenvalue weighted by atomic mass is 10.1. The zero-order valence-corrected chi connectivity index (χ0v) is 15.7. The number of carbonyl (C=O) groups is 1. The van der Waals surface area contributed by atoms with E-state index in [4.69, 9.17) is 9.15 Å². The van der Waals surface area contributed by atoms with Gasteiger partial charge in [0.1, 0.15) is 0 Å². The normalized spacial score (nSPS) is 12.3. The van der Waals surface area contributed by atoms with Gasteiger partial charge in [-0.3, -0.25) is 14.3 Å². The largest absolute Gasteiger partial charge is 0.419 e. The number of fused-ring (bicyclic) bond motifs is 1. The Morgan fingerprint density at radius 2 is 2.15 bits per heavy atom. The number of aryl methyl sites for hydroxylation is 2. The van der Waals surface area contributed by atoms with Crippen LogP contribution >= 0.6 is 0 Å². The van der Waals surface area contributed by atoms with Gasteiger partial charge in [0.25, 0.3) is 0 Å². The number of hydrogen-bond donors (Lipinski definition) is 0. The topological polar surface area (TPSA) is 77.6 Å². The number of nitrogens with zero attached hydrogens (tertiary/aromatic N) is 3. The molecule has 0 saturated heterocycles. The molecule has 1 unspecified atom stereocenters. The van der Waals surface area contributed by atoms with Crippen LogP contribution in [0.15, 0.2) is 51.8 Å². The fourth-order valence-corrected chi connectivity index (χ4v) is 3.07. The molecule has 0 N–H and O–H groups in total. The number of oxazole rings is 1. The van der Waals surface area contributed by atoms with Crippen LogP contribution in [0.5, 0.6) is 0 Å². The Labute approximate surface area is 157 Å². The number of hydrogen-bond acceptors (Lipinski definition) is 5. The molecule has 0 aliphatic rings. The maximum atomic E-state index is 12.7. The number of ether oxygens (including phenoxy) is 1. The predicted molar refractivity (Wildman–Crippen MR) is 101 cm³/mol. The van der Waals surface area contributed by atoms with Crippen molar-refractivity contribution in [2.24, 2.45) is 0 Å². The van der Waals surface area contributed by atoms with E-state index in [1.165, 1.54) is 4.57 Å². The summed E-state index contributed by atoms with van der Waals surface area (Å²) in [5, 5.41) is 0. The van der Waals surface area contributed by atoms with Crippen molar-refractivity contribution >= 4 is 17.0 Å². The van der Waals surface area contributed by atoms with Crippen LogP contribution in [0.2, 0.25) is 0 Å². The van der Waals surface area contributed by atoms with E-state index in [2.05, 4.69) is 4.98 Å². The van der Waals surface area contributed by atoms with Gasteiger partial charge in [-0.1, -0.05) is 12.1 Å². The summed E-state index contributed by atoms with van der Waals surface area (Å²) >= 11 is 0. The highest BCUT2D eigenvalue weighted by atomic mass is 16.5. The molecule has 0 aliphatic heterocycles. The Morgan fingerprint density at radius 1 is 1.33 bits per heavy atom. The molecule has 0 fully saturated rings. The highest BCUT2D eigenvalue weighted by Gasteiger charge is 2.23. The molecule has 0 bridgehead atoms. The lowest BCUT2D eigenvalue weighted by molar-refractivity contribution is -0.133. The molecule has 0 radical (unpaired) electrons. The zero-order chi connectivity index (χ0) is 19.4. The number of benzene rings is 1. The van der Waals surface area contributed by atoms with E-state index >= 15 is 0 Å². The van der Waals surface area contributed by atoms with Crippen LogP contribution in [-0.4, -0.2) is 41.1 Å². The SMILES string of the molecule is COCC(c1ccccn1)N(C)C(=O)CCn1c(=O)oc2ccc(C)cc21. The summed E-state index contributed by atoms with van der Waals surface area (Å²) in [7, 11) is 3.31. The number of methoxy groups -OCH3 is 1. The summed E-state index contributed by atoms with van der Waals surface area (Å²) in [4.78, 5) is 30.8. The fraction of sp³-hybridized carbons (Fsp3) is 0.350. The Bertz CT molecular complexity index is 978. The molecule has 0 saturated carbocycles. The van der Waals surface area contributed by atoms with Gasteiger partial charge in [-0.05, 0) is 36.8 Å². The lowest BCUT2D eigenvalue weighted by Gasteiger charge is -2.27. The molecule has 1 aromatic carbocycles. The molecule has 1 amide bonds. The van der Waals surface area contributed by atoms with Gasteiger partial charge < -0.3 is 14.1 Å². The lowest BCUT2D eigenvalue weighted by Crippen LogP contribution is -2.35. The number of carbonyl (C=O) groups excluding carboxylic acids is 1. The second kappa shape index (κ2) is 8.18. The third kappa shape index (κ3) is 4.09. The predicted octanol–water partition coefficient (Wildman–Crippen LogP) is 2.53. The molecule has 0 aliphatic carbocycles. The number of aromatic nitrogens is 2. The first-order chi connectivity index (χ1) is 13.0. The number of rotatable bonds is 7. The average molecular weight is 369 g/mol. The smallest absolute Gasteiger partial charge is 0.408 e. The van der Waals surface area contributed by atoms with Gasteiger partial charge in [0.05, 0.1) is 23.9 Å². The molecular weight excluding hydrogens is 346 g/mol. The van der Waals surface area contributed by atoms with E-state index in [1.54, 1.807) is 31.3 Å². The van der Waals surface area contributed by atoms with E-state index in [9.17, 15) is 9.59 Å². The van der Waals surface area contributed by atoms with Gasteiger partial charge >= 0.3 is 5.76 Å². The molecule has 7 nitrogen and oxygen atoms in total. The molecule has 3 aromatic rings. The third-order valence-corrected chi connectivity index (χ3v) is 4.59. The Morgan fingerprint density at radius 3 is 2.85 bits per heavy atom.